The van der Waals surface area contributed by atoms with Crippen LogP contribution in [0.4, 0.5) is 14.5 Å². The number of rotatable bonds is 2. The summed E-state index contributed by atoms with van der Waals surface area (Å²) in [7, 11) is 0. The minimum Gasteiger partial charge on any atom is -0.378 e. The maximum absolute atomic E-state index is 13.1. The molecule has 0 saturated heterocycles. The van der Waals surface area contributed by atoms with Gasteiger partial charge in [0.25, 0.3) is 5.91 Å². The van der Waals surface area contributed by atoms with Crippen LogP contribution in [0.15, 0.2) is 46.2 Å². The zero-order valence-corrected chi connectivity index (χ0v) is 10.9. The zero-order chi connectivity index (χ0) is 14.3. The van der Waals surface area contributed by atoms with Crippen molar-refractivity contribution in [1.29, 1.82) is 0 Å². The molecule has 1 unspecified atom stereocenters. The van der Waals surface area contributed by atoms with E-state index in [1.807, 2.05) is 0 Å². The number of anilines is 1. The Bertz CT molecular complexity index is 706. The maximum atomic E-state index is 13.1. The van der Waals surface area contributed by atoms with Gasteiger partial charge in [-0.2, -0.15) is 0 Å². The van der Waals surface area contributed by atoms with Gasteiger partial charge in [-0.05, 0) is 30.3 Å². The molecular formula is C14H9F2NO2S. The Balaban J connectivity index is 1.87. The van der Waals surface area contributed by atoms with E-state index in [0.29, 0.717) is 16.1 Å². The topological polar surface area (TPSA) is 49.3 Å². The van der Waals surface area contributed by atoms with Crippen LogP contribution >= 0.6 is 11.8 Å². The molecule has 1 amide bonds. The van der Waals surface area contributed by atoms with Crippen LogP contribution in [0.5, 0.6) is 0 Å². The van der Waals surface area contributed by atoms with Gasteiger partial charge in [-0.25, -0.2) is 8.78 Å². The van der Waals surface area contributed by atoms with Crippen LogP contribution in [0.25, 0.3) is 0 Å². The standard InChI is InChI=1S/C14H9F2NO2S/c15-10-4-2-7(5-11(10)16)20-8-1-3-9-12(6-8)17-14(19)13(9)18/h1-6,13,18H,(H,17,19). The van der Waals surface area contributed by atoms with Crippen molar-refractivity contribution in [2.45, 2.75) is 15.9 Å². The molecule has 20 heavy (non-hydrogen) atoms. The van der Waals surface area contributed by atoms with Crippen molar-refractivity contribution < 1.29 is 18.7 Å². The molecule has 0 aromatic heterocycles. The fourth-order valence-electron chi connectivity index (χ4n) is 1.96. The van der Waals surface area contributed by atoms with E-state index in [9.17, 15) is 18.7 Å². The van der Waals surface area contributed by atoms with E-state index in [2.05, 4.69) is 5.32 Å². The molecule has 0 fully saturated rings. The van der Waals surface area contributed by atoms with Gasteiger partial charge < -0.3 is 10.4 Å². The Hall–Kier alpha value is -1.92. The summed E-state index contributed by atoms with van der Waals surface area (Å²) < 4.78 is 26.0. The van der Waals surface area contributed by atoms with Gasteiger partial charge in [0.15, 0.2) is 17.7 Å². The lowest BCUT2D eigenvalue weighted by Gasteiger charge is -2.05. The van der Waals surface area contributed by atoms with E-state index >= 15 is 0 Å². The Labute approximate surface area is 117 Å². The number of hydrogen-bond donors (Lipinski definition) is 2. The first kappa shape index (κ1) is 13.1. The summed E-state index contributed by atoms with van der Waals surface area (Å²) in [6.45, 7) is 0. The van der Waals surface area contributed by atoms with Crippen molar-refractivity contribution in [2.75, 3.05) is 5.32 Å². The quantitative estimate of drug-likeness (QED) is 0.894. The number of aliphatic hydroxyl groups is 1. The molecule has 3 nitrogen and oxygen atoms in total. The van der Waals surface area contributed by atoms with Crippen LogP contribution in [-0.4, -0.2) is 11.0 Å². The molecule has 1 heterocycles. The molecule has 0 saturated carbocycles. The largest absolute Gasteiger partial charge is 0.378 e. The maximum Gasteiger partial charge on any atom is 0.257 e. The lowest BCUT2D eigenvalue weighted by molar-refractivity contribution is -0.123. The highest BCUT2D eigenvalue weighted by molar-refractivity contribution is 7.99. The monoisotopic (exact) mass is 293 g/mol. The van der Waals surface area contributed by atoms with Crippen molar-refractivity contribution in [2.24, 2.45) is 0 Å². The molecular weight excluding hydrogens is 284 g/mol. The lowest BCUT2D eigenvalue weighted by atomic mass is 10.1. The van der Waals surface area contributed by atoms with Gasteiger partial charge in [-0.15, -0.1) is 0 Å². The van der Waals surface area contributed by atoms with E-state index in [1.165, 1.54) is 17.8 Å². The minimum atomic E-state index is -1.15. The highest BCUT2D eigenvalue weighted by Gasteiger charge is 2.28. The van der Waals surface area contributed by atoms with Crippen LogP contribution < -0.4 is 5.32 Å². The van der Waals surface area contributed by atoms with E-state index in [4.69, 9.17) is 0 Å². The smallest absolute Gasteiger partial charge is 0.257 e. The number of nitrogens with one attached hydrogen (secondary N) is 1. The van der Waals surface area contributed by atoms with Gasteiger partial charge in [-0.1, -0.05) is 17.8 Å². The molecule has 1 aliphatic rings. The summed E-state index contributed by atoms with van der Waals surface area (Å²) in [5.74, 6) is -2.26. The van der Waals surface area contributed by atoms with Crippen molar-refractivity contribution in [3.63, 3.8) is 0 Å². The number of hydrogen-bond acceptors (Lipinski definition) is 3. The Morgan fingerprint density at radius 2 is 1.75 bits per heavy atom. The fourth-order valence-corrected chi connectivity index (χ4v) is 2.85. The van der Waals surface area contributed by atoms with E-state index in [-0.39, 0.29) is 0 Å². The molecule has 1 aliphatic heterocycles. The third-order valence-corrected chi connectivity index (χ3v) is 3.93. The summed E-state index contributed by atoms with van der Waals surface area (Å²) in [5.41, 5.74) is 1.06. The van der Waals surface area contributed by atoms with E-state index < -0.39 is 23.6 Å². The molecule has 2 N–H and O–H groups in total. The third kappa shape index (κ3) is 2.28. The summed E-state index contributed by atoms with van der Waals surface area (Å²) in [4.78, 5) is 12.6. The molecule has 0 bridgehead atoms. The van der Waals surface area contributed by atoms with Gasteiger partial charge >= 0.3 is 0 Å². The number of fused-ring (bicyclic) bond motifs is 1. The average Bonchev–Trinajstić information content (AvgIpc) is 2.69. The van der Waals surface area contributed by atoms with Crippen molar-refractivity contribution in [3.05, 3.63) is 53.6 Å². The third-order valence-electron chi connectivity index (χ3n) is 2.95. The predicted molar refractivity (Wildman–Crippen MR) is 70.5 cm³/mol. The predicted octanol–water partition coefficient (Wildman–Crippen LogP) is 3.10. The molecule has 0 spiro atoms. The second-order valence-electron chi connectivity index (χ2n) is 4.32. The Morgan fingerprint density at radius 3 is 2.50 bits per heavy atom. The van der Waals surface area contributed by atoms with Crippen LogP contribution in [0.2, 0.25) is 0 Å². The Kier molecular flexibility index (Phi) is 3.19. The number of amides is 1. The van der Waals surface area contributed by atoms with Crippen molar-refractivity contribution in [1.82, 2.24) is 0 Å². The number of carbonyl (C=O) groups is 1. The van der Waals surface area contributed by atoms with E-state index in [0.717, 1.165) is 17.0 Å². The van der Waals surface area contributed by atoms with Crippen LogP contribution in [0.1, 0.15) is 11.7 Å². The van der Waals surface area contributed by atoms with Gasteiger partial charge in [0.1, 0.15) is 0 Å². The van der Waals surface area contributed by atoms with Gasteiger partial charge in [0.2, 0.25) is 0 Å². The van der Waals surface area contributed by atoms with Crippen molar-refractivity contribution >= 4 is 23.4 Å². The van der Waals surface area contributed by atoms with Gasteiger partial charge in [0, 0.05) is 21.0 Å². The molecule has 102 valence electrons. The Morgan fingerprint density at radius 1 is 1.05 bits per heavy atom. The first-order valence-electron chi connectivity index (χ1n) is 5.80. The molecule has 2 aromatic rings. The fraction of sp³-hybridized carbons (Fsp3) is 0.0714. The summed E-state index contributed by atoms with van der Waals surface area (Å²) in [6, 6.07) is 8.70. The first-order chi connectivity index (χ1) is 9.54. The zero-order valence-electron chi connectivity index (χ0n) is 10.1. The van der Waals surface area contributed by atoms with Crippen molar-refractivity contribution in [3.8, 4) is 0 Å². The second-order valence-corrected chi connectivity index (χ2v) is 5.47. The number of benzene rings is 2. The van der Waals surface area contributed by atoms with E-state index in [1.54, 1.807) is 18.2 Å². The lowest BCUT2D eigenvalue weighted by Crippen LogP contribution is -2.10. The molecule has 6 heteroatoms. The second kappa shape index (κ2) is 4.88. The first-order valence-corrected chi connectivity index (χ1v) is 6.62. The number of aliphatic hydroxyl groups excluding tert-OH is 1. The highest BCUT2D eigenvalue weighted by Crippen LogP contribution is 2.36. The highest BCUT2D eigenvalue weighted by atomic mass is 32.2. The van der Waals surface area contributed by atoms with Crippen LogP contribution in [-0.2, 0) is 4.79 Å². The number of halogens is 2. The SMILES string of the molecule is O=C1Nc2cc(Sc3ccc(F)c(F)c3)ccc2C1O. The molecule has 3 rings (SSSR count). The molecule has 0 aliphatic carbocycles. The normalized spacial score (nSPS) is 16.9. The number of carbonyl (C=O) groups excluding carboxylic acids is 1. The van der Waals surface area contributed by atoms with Gasteiger partial charge in [0.05, 0.1) is 0 Å². The molecule has 0 radical (unpaired) electrons. The molecule has 2 aromatic carbocycles. The van der Waals surface area contributed by atoms with Crippen LogP contribution in [0, 0.1) is 11.6 Å². The summed E-state index contributed by atoms with van der Waals surface area (Å²) >= 11 is 1.24. The summed E-state index contributed by atoms with van der Waals surface area (Å²) in [5, 5.41) is 12.1. The minimum absolute atomic E-state index is 0.463. The van der Waals surface area contributed by atoms with Crippen LogP contribution in [0.3, 0.4) is 0 Å². The molecule has 1 atom stereocenters. The average molecular weight is 293 g/mol. The summed E-state index contributed by atoms with van der Waals surface area (Å²) in [6.07, 6.45) is -1.15. The van der Waals surface area contributed by atoms with Gasteiger partial charge in [-0.3, -0.25) is 4.79 Å².